The number of hydrogen-bond acceptors (Lipinski definition) is 4. The third-order valence-corrected chi connectivity index (χ3v) is 5.47. The van der Waals surface area contributed by atoms with E-state index < -0.39 is 0 Å². The Kier molecular flexibility index (Phi) is 4.56. The van der Waals surface area contributed by atoms with E-state index in [1.807, 2.05) is 12.1 Å². The van der Waals surface area contributed by atoms with Gasteiger partial charge < -0.3 is 20.3 Å². The van der Waals surface area contributed by atoms with Crippen LogP contribution in [0.1, 0.15) is 19.8 Å². The summed E-state index contributed by atoms with van der Waals surface area (Å²) in [6.45, 7) is 6.82. The molecule has 0 aromatic carbocycles. The largest absolute Gasteiger partial charge is 0.383 e. The van der Waals surface area contributed by atoms with Gasteiger partial charge in [0.1, 0.15) is 0 Å². The Balaban J connectivity index is 1.32. The van der Waals surface area contributed by atoms with E-state index in [4.69, 9.17) is 9.73 Å². The molecule has 6 heteroatoms. The maximum Gasteiger partial charge on any atom is 0.193 e. The number of pyridine rings is 1. The average molecular weight is 329 g/mol. The second kappa shape index (κ2) is 6.97. The monoisotopic (exact) mass is 329 g/mol. The third-order valence-electron chi connectivity index (χ3n) is 5.47. The van der Waals surface area contributed by atoms with Crippen LogP contribution in [0.3, 0.4) is 0 Å². The summed E-state index contributed by atoms with van der Waals surface area (Å²) in [6, 6.07) is 3.96. The minimum Gasteiger partial charge on any atom is -0.383 e. The number of ether oxygens (including phenoxy) is 1. The second-order valence-electron chi connectivity index (χ2n) is 6.92. The molecule has 3 aliphatic heterocycles. The molecule has 4 rings (SSSR count). The topological polar surface area (TPSA) is 61.8 Å². The Bertz CT molecular complexity index is 560. The van der Waals surface area contributed by atoms with Crippen molar-refractivity contribution >= 4 is 11.6 Å². The number of rotatable bonds is 5. The summed E-state index contributed by atoms with van der Waals surface area (Å²) >= 11 is 0. The van der Waals surface area contributed by atoms with Crippen LogP contribution in [0.4, 0.5) is 5.69 Å². The number of likely N-dealkylation sites (tertiary alicyclic amines) is 1. The highest BCUT2D eigenvalue weighted by Crippen LogP contribution is 2.47. The van der Waals surface area contributed by atoms with Crippen molar-refractivity contribution in [3.8, 4) is 0 Å². The zero-order chi connectivity index (χ0) is 16.4. The minimum atomic E-state index is 0.501. The van der Waals surface area contributed by atoms with Gasteiger partial charge in [0.2, 0.25) is 0 Å². The lowest BCUT2D eigenvalue weighted by atomic mass is 9.82. The first kappa shape index (κ1) is 15.7. The molecule has 0 saturated carbocycles. The van der Waals surface area contributed by atoms with Gasteiger partial charge in [-0.25, -0.2) is 0 Å². The van der Waals surface area contributed by atoms with Crippen molar-refractivity contribution in [1.82, 2.24) is 15.2 Å². The van der Waals surface area contributed by atoms with Crippen molar-refractivity contribution in [2.24, 2.45) is 16.8 Å². The molecule has 4 unspecified atom stereocenters. The maximum absolute atomic E-state index is 6.07. The van der Waals surface area contributed by atoms with Gasteiger partial charge >= 0.3 is 0 Å². The predicted molar refractivity (Wildman–Crippen MR) is 95.2 cm³/mol. The Morgan fingerprint density at radius 1 is 1.25 bits per heavy atom. The lowest BCUT2D eigenvalue weighted by molar-refractivity contribution is 0.0767. The molecule has 3 saturated heterocycles. The molecule has 24 heavy (non-hydrogen) atoms. The first-order chi connectivity index (χ1) is 11.8. The maximum atomic E-state index is 6.07. The quantitative estimate of drug-likeness (QED) is 0.488. The van der Waals surface area contributed by atoms with Crippen molar-refractivity contribution in [3.05, 3.63) is 24.5 Å². The van der Waals surface area contributed by atoms with Gasteiger partial charge in [-0.3, -0.25) is 9.98 Å². The number of hydrogen-bond donors (Lipinski definition) is 2. The lowest BCUT2D eigenvalue weighted by Gasteiger charge is -2.23. The summed E-state index contributed by atoms with van der Waals surface area (Å²) in [5, 5.41) is 6.84. The van der Waals surface area contributed by atoms with Crippen LogP contribution in [-0.4, -0.2) is 60.8 Å². The molecule has 1 aromatic rings. The highest BCUT2D eigenvalue weighted by Gasteiger charge is 2.53. The molecule has 0 aliphatic carbocycles. The van der Waals surface area contributed by atoms with Crippen molar-refractivity contribution in [2.75, 3.05) is 38.0 Å². The van der Waals surface area contributed by atoms with Gasteiger partial charge in [0.15, 0.2) is 5.96 Å². The molecule has 0 amide bonds. The van der Waals surface area contributed by atoms with Gasteiger partial charge in [-0.05, 0) is 31.9 Å². The van der Waals surface area contributed by atoms with Gasteiger partial charge in [-0.1, -0.05) is 0 Å². The normalized spacial score (nSPS) is 31.4. The van der Waals surface area contributed by atoms with E-state index in [0.29, 0.717) is 24.0 Å². The van der Waals surface area contributed by atoms with E-state index in [1.165, 1.54) is 12.8 Å². The van der Waals surface area contributed by atoms with Crippen LogP contribution in [0.25, 0.3) is 0 Å². The summed E-state index contributed by atoms with van der Waals surface area (Å²) in [7, 11) is 0. The number of guanidine groups is 1. The molecule has 3 aliphatic rings. The molecule has 2 N–H and O–H groups in total. The van der Waals surface area contributed by atoms with Crippen LogP contribution < -0.4 is 10.6 Å². The van der Waals surface area contributed by atoms with Gasteiger partial charge in [-0.15, -0.1) is 0 Å². The Morgan fingerprint density at radius 3 is 2.62 bits per heavy atom. The molecular formula is C18H27N5O. The SMILES string of the molecule is CCNC(=NCCNc1ccncc1)N1CC2C3CCC(O3)C2C1. The summed E-state index contributed by atoms with van der Waals surface area (Å²) < 4.78 is 6.07. The average Bonchev–Trinajstić information content (AvgIpc) is 3.31. The fourth-order valence-electron chi connectivity index (χ4n) is 4.39. The van der Waals surface area contributed by atoms with Crippen LogP contribution in [0.2, 0.25) is 0 Å². The Morgan fingerprint density at radius 2 is 1.96 bits per heavy atom. The highest BCUT2D eigenvalue weighted by molar-refractivity contribution is 5.80. The summed E-state index contributed by atoms with van der Waals surface area (Å²) in [4.78, 5) is 11.3. The van der Waals surface area contributed by atoms with Crippen LogP contribution >= 0.6 is 0 Å². The molecule has 4 heterocycles. The Labute approximate surface area is 143 Å². The molecule has 1 aromatic heterocycles. The number of nitrogens with one attached hydrogen (secondary N) is 2. The zero-order valence-electron chi connectivity index (χ0n) is 14.3. The summed E-state index contributed by atoms with van der Waals surface area (Å²) in [5.74, 6) is 2.48. The number of aromatic nitrogens is 1. The van der Waals surface area contributed by atoms with Crippen molar-refractivity contribution in [3.63, 3.8) is 0 Å². The van der Waals surface area contributed by atoms with Gasteiger partial charge in [0.25, 0.3) is 0 Å². The molecule has 130 valence electrons. The van der Waals surface area contributed by atoms with Gasteiger partial charge in [0, 0.05) is 56.1 Å². The fourth-order valence-corrected chi connectivity index (χ4v) is 4.39. The fraction of sp³-hybridized carbons (Fsp3) is 0.667. The van der Waals surface area contributed by atoms with E-state index in [2.05, 4.69) is 27.4 Å². The van der Waals surface area contributed by atoms with Gasteiger partial charge in [0.05, 0.1) is 18.8 Å². The first-order valence-corrected chi connectivity index (χ1v) is 9.17. The zero-order valence-corrected chi connectivity index (χ0v) is 14.3. The molecule has 0 radical (unpaired) electrons. The molecule has 4 atom stereocenters. The smallest absolute Gasteiger partial charge is 0.193 e. The Hall–Kier alpha value is -1.82. The molecule has 3 fully saturated rings. The van der Waals surface area contributed by atoms with E-state index in [1.54, 1.807) is 12.4 Å². The second-order valence-corrected chi connectivity index (χ2v) is 6.92. The molecular weight excluding hydrogens is 302 g/mol. The van der Waals surface area contributed by atoms with E-state index in [9.17, 15) is 0 Å². The van der Waals surface area contributed by atoms with Crippen LogP contribution in [-0.2, 0) is 4.74 Å². The minimum absolute atomic E-state index is 0.501. The van der Waals surface area contributed by atoms with Crippen molar-refractivity contribution < 1.29 is 4.74 Å². The van der Waals surface area contributed by atoms with E-state index in [-0.39, 0.29) is 0 Å². The number of anilines is 1. The standard InChI is InChI=1S/C18H27N5O/c1-2-20-18(22-10-9-21-13-5-7-19-8-6-13)23-11-14-15(12-23)17-4-3-16(14)24-17/h5-8,14-17H,2-4,9-12H2,1H3,(H,19,21)(H,20,22). The van der Waals surface area contributed by atoms with Crippen molar-refractivity contribution in [2.45, 2.75) is 32.0 Å². The van der Waals surface area contributed by atoms with E-state index in [0.717, 1.165) is 44.4 Å². The highest BCUT2D eigenvalue weighted by atomic mass is 16.5. The molecule has 2 bridgehead atoms. The summed E-state index contributed by atoms with van der Waals surface area (Å²) in [5.41, 5.74) is 1.09. The third kappa shape index (κ3) is 3.07. The lowest BCUT2D eigenvalue weighted by Crippen LogP contribution is -2.41. The first-order valence-electron chi connectivity index (χ1n) is 9.17. The van der Waals surface area contributed by atoms with Crippen LogP contribution in [0, 0.1) is 11.8 Å². The number of nitrogens with zero attached hydrogens (tertiary/aromatic N) is 3. The molecule has 0 spiro atoms. The number of fused-ring (bicyclic) bond motifs is 5. The van der Waals surface area contributed by atoms with Crippen LogP contribution in [0.15, 0.2) is 29.5 Å². The van der Waals surface area contributed by atoms with E-state index >= 15 is 0 Å². The summed E-state index contributed by atoms with van der Waals surface area (Å²) in [6.07, 6.45) is 7.11. The van der Waals surface area contributed by atoms with Crippen molar-refractivity contribution in [1.29, 1.82) is 0 Å². The number of aliphatic imine (C=N–C) groups is 1. The predicted octanol–water partition coefficient (Wildman–Crippen LogP) is 1.57. The van der Waals surface area contributed by atoms with Crippen LogP contribution in [0.5, 0.6) is 0 Å². The molecule has 6 nitrogen and oxygen atoms in total. The van der Waals surface area contributed by atoms with Gasteiger partial charge in [-0.2, -0.15) is 0 Å².